The van der Waals surface area contributed by atoms with E-state index in [0.29, 0.717) is 19.5 Å². The Labute approximate surface area is 136 Å². The Hall–Kier alpha value is -0.980. The van der Waals surface area contributed by atoms with E-state index in [-0.39, 0.29) is 23.7 Å². The average molecular weight is 369 g/mol. The molecule has 0 aromatic carbocycles. The minimum atomic E-state index is -0.133. The van der Waals surface area contributed by atoms with Crippen LogP contribution < -0.4 is 0 Å². The summed E-state index contributed by atoms with van der Waals surface area (Å²) in [7, 11) is 1.94. The number of thiophene rings is 1. The fourth-order valence-corrected chi connectivity index (χ4v) is 4.57. The second-order valence-electron chi connectivity index (χ2n) is 5.62. The Bertz CT molecular complexity index is 572. The molecule has 1 fully saturated rings. The van der Waals surface area contributed by atoms with Crippen molar-refractivity contribution in [1.29, 1.82) is 0 Å². The highest BCUT2D eigenvalue weighted by atomic mass is 79.9. The maximum atomic E-state index is 12.4. The quantitative estimate of drug-likeness (QED) is 0.605. The van der Waals surface area contributed by atoms with Crippen molar-refractivity contribution in [2.75, 3.05) is 13.7 Å². The maximum absolute atomic E-state index is 12.4. The first-order valence-electron chi connectivity index (χ1n) is 6.99. The minimum Gasteiger partial charge on any atom is -0.284 e. The van der Waals surface area contributed by atoms with Crippen LogP contribution in [0.1, 0.15) is 17.7 Å². The number of amides is 2. The third-order valence-electron chi connectivity index (χ3n) is 4.04. The molecule has 1 saturated heterocycles. The van der Waals surface area contributed by atoms with Crippen molar-refractivity contribution in [1.82, 2.24) is 9.80 Å². The van der Waals surface area contributed by atoms with Crippen molar-refractivity contribution in [2.24, 2.45) is 11.8 Å². The molecule has 112 valence electrons. The molecule has 0 N–H and O–H groups in total. The number of allylic oxidation sites excluding steroid dienone is 2. The van der Waals surface area contributed by atoms with Gasteiger partial charge < -0.3 is 0 Å². The van der Waals surface area contributed by atoms with Gasteiger partial charge in [0.2, 0.25) is 11.8 Å². The summed E-state index contributed by atoms with van der Waals surface area (Å²) >= 11 is 5.12. The van der Waals surface area contributed by atoms with Crippen LogP contribution in [0, 0.1) is 11.8 Å². The van der Waals surface area contributed by atoms with Gasteiger partial charge in [-0.25, -0.2) is 0 Å². The van der Waals surface area contributed by atoms with E-state index >= 15 is 0 Å². The lowest BCUT2D eigenvalue weighted by Crippen LogP contribution is -2.39. The van der Waals surface area contributed by atoms with Gasteiger partial charge in [0, 0.05) is 11.4 Å². The van der Waals surface area contributed by atoms with Crippen molar-refractivity contribution in [2.45, 2.75) is 19.4 Å². The monoisotopic (exact) mass is 368 g/mol. The van der Waals surface area contributed by atoms with Gasteiger partial charge in [-0.2, -0.15) is 0 Å². The Morgan fingerprint density at radius 1 is 1.24 bits per heavy atom. The van der Waals surface area contributed by atoms with Gasteiger partial charge in [0.1, 0.15) is 0 Å². The first-order chi connectivity index (χ1) is 10.1. The summed E-state index contributed by atoms with van der Waals surface area (Å²) in [5.41, 5.74) is 0. The lowest BCUT2D eigenvalue weighted by atomic mass is 9.85. The number of hydrogen-bond donors (Lipinski definition) is 0. The van der Waals surface area contributed by atoms with Crippen molar-refractivity contribution in [3.8, 4) is 0 Å². The molecule has 2 unspecified atom stereocenters. The topological polar surface area (TPSA) is 40.6 Å². The molecule has 1 aliphatic carbocycles. The second kappa shape index (κ2) is 6.02. The van der Waals surface area contributed by atoms with Crippen LogP contribution in [0.25, 0.3) is 0 Å². The highest BCUT2D eigenvalue weighted by Gasteiger charge is 2.47. The number of hydrogen-bond acceptors (Lipinski definition) is 4. The van der Waals surface area contributed by atoms with Gasteiger partial charge in [-0.3, -0.25) is 19.4 Å². The number of imide groups is 1. The molecular weight excluding hydrogens is 352 g/mol. The van der Waals surface area contributed by atoms with Gasteiger partial charge in [-0.15, -0.1) is 11.3 Å². The predicted octanol–water partition coefficient (Wildman–Crippen LogP) is 2.85. The normalized spacial score (nSPS) is 25.0. The number of likely N-dealkylation sites (tertiary alicyclic amines) is 1. The van der Waals surface area contributed by atoms with Crippen molar-refractivity contribution < 1.29 is 9.59 Å². The van der Waals surface area contributed by atoms with Crippen LogP contribution in [0.3, 0.4) is 0 Å². The second-order valence-corrected chi connectivity index (χ2v) is 8.17. The fourth-order valence-electron chi connectivity index (χ4n) is 3.00. The Balaban J connectivity index is 1.64. The molecule has 6 heteroatoms. The molecular formula is C15H17BrN2O2S. The molecule has 4 nitrogen and oxygen atoms in total. The maximum Gasteiger partial charge on any atom is 0.234 e. The molecule has 1 aliphatic heterocycles. The Morgan fingerprint density at radius 3 is 2.38 bits per heavy atom. The molecule has 0 saturated carbocycles. The molecule has 1 aromatic heterocycles. The molecule has 21 heavy (non-hydrogen) atoms. The molecule has 0 bridgehead atoms. The van der Waals surface area contributed by atoms with Crippen molar-refractivity contribution in [3.63, 3.8) is 0 Å². The number of rotatable bonds is 4. The zero-order valence-electron chi connectivity index (χ0n) is 11.8. The molecule has 2 amide bonds. The van der Waals surface area contributed by atoms with Crippen LogP contribution in [0.4, 0.5) is 0 Å². The van der Waals surface area contributed by atoms with Crippen LogP contribution in [-0.4, -0.2) is 35.3 Å². The molecule has 2 aliphatic rings. The summed E-state index contributed by atoms with van der Waals surface area (Å²) < 4.78 is 1.09. The van der Waals surface area contributed by atoms with Crippen LogP contribution >= 0.6 is 27.3 Å². The molecule has 1 aromatic rings. The minimum absolute atomic E-state index is 0.00596. The third-order valence-corrected chi connectivity index (χ3v) is 5.64. The van der Waals surface area contributed by atoms with Crippen LogP contribution in [0.2, 0.25) is 0 Å². The van der Waals surface area contributed by atoms with E-state index in [1.807, 2.05) is 30.2 Å². The third kappa shape index (κ3) is 2.98. The van der Waals surface area contributed by atoms with Crippen LogP contribution in [0.15, 0.2) is 28.1 Å². The average Bonchev–Trinajstić information content (AvgIpc) is 2.97. The standard InChI is InChI=1S/C15H17BrN2O2S/c1-17(8-10-6-7-13(16)21-10)9-18-14(19)11-4-2-3-5-12(11)15(18)20/h2-3,6-7,11-12H,4-5,8-9H2,1H3. The van der Waals surface area contributed by atoms with Gasteiger partial charge >= 0.3 is 0 Å². The summed E-state index contributed by atoms with van der Waals surface area (Å²) in [5, 5.41) is 0. The number of halogens is 1. The SMILES string of the molecule is CN(Cc1ccc(Br)s1)CN1C(=O)C2CC=CCC2C1=O. The highest BCUT2D eigenvalue weighted by Crippen LogP contribution is 2.35. The smallest absolute Gasteiger partial charge is 0.234 e. The van der Waals surface area contributed by atoms with E-state index in [1.165, 1.54) is 9.78 Å². The number of carbonyl (C=O) groups excluding carboxylic acids is 2. The summed E-state index contributed by atoms with van der Waals surface area (Å²) in [4.78, 5) is 29.4. The van der Waals surface area contributed by atoms with Crippen molar-refractivity contribution >= 4 is 39.1 Å². The number of fused-ring (bicyclic) bond motifs is 1. The molecule has 2 heterocycles. The van der Waals surface area contributed by atoms with Crippen LogP contribution in [0.5, 0.6) is 0 Å². The Kier molecular flexibility index (Phi) is 4.28. The highest BCUT2D eigenvalue weighted by molar-refractivity contribution is 9.11. The Morgan fingerprint density at radius 2 is 1.86 bits per heavy atom. The van der Waals surface area contributed by atoms with Gasteiger partial charge in [0.25, 0.3) is 0 Å². The lowest BCUT2D eigenvalue weighted by molar-refractivity contribution is -0.142. The molecule has 2 atom stereocenters. The largest absolute Gasteiger partial charge is 0.284 e. The van der Waals surface area contributed by atoms with Gasteiger partial charge in [0.05, 0.1) is 22.3 Å². The van der Waals surface area contributed by atoms with Crippen molar-refractivity contribution in [3.05, 3.63) is 32.9 Å². The summed E-state index contributed by atoms with van der Waals surface area (Å²) in [6.07, 6.45) is 5.44. The summed E-state index contributed by atoms with van der Waals surface area (Å²) in [6.45, 7) is 1.11. The zero-order valence-corrected chi connectivity index (χ0v) is 14.2. The lowest BCUT2D eigenvalue weighted by Gasteiger charge is -2.22. The van der Waals surface area contributed by atoms with E-state index in [4.69, 9.17) is 0 Å². The summed E-state index contributed by atoms with van der Waals surface area (Å²) in [5.74, 6) is -0.277. The van der Waals surface area contributed by atoms with Gasteiger partial charge in [0.15, 0.2) is 0 Å². The van der Waals surface area contributed by atoms with E-state index in [1.54, 1.807) is 11.3 Å². The van der Waals surface area contributed by atoms with Gasteiger partial charge in [-0.1, -0.05) is 12.2 Å². The number of nitrogens with zero attached hydrogens (tertiary/aromatic N) is 2. The van der Waals surface area contributed by atoms with Gasteiger partial charge in [-0.05, 0) is 48.0 Å². The first kappa shape index (κ1) is 14.9. The zero-order chi connectivity index (χ0) is 15.0. The fraction of sp³-hybridized carbons (Fsp3) is 0.467. The van der Waals surface area contributed by atoms with Crippen LogP contribution in [-0.2, 0) is 16.1 Å². The molecule has 0 radical (unpaired) electrons. The predicted molar refractivity (Wildman–Crippen MR) is 85.6 cm³/mol. The summed E-state index contributed by atoms with van der Waals surface area (Å²) in [6, 6.07) is 4.07. The first-order valence-corrected chi connectivity index (χ1v) is 8.60. The molecule has 0 spiro atoms. The van der Waals surface area contributed by atoms with E-state index < -0.39 is 0 Å². The van der Waals surface area contributed by atoms with E-state index in [9.17, 15) is 9.59 Å². The van der Waals surface area contributed by atoms with E-state index in [0.717, 1.165) is 10.3 Å². The van der Waals surface area contributed by atoms with E-state index in [2.05, 4.69) is 22.0 Å². The molecule has 3 rings (SSSR count). The number of carbonyl (C=O) groups is 2.